The van der Waals surface area contributed by atoms with E-state index < -0.39 is 40.9 Å². The largest absolute Gasteiger partial charge is 0.368 e. The summed E-state index contributed by atoms with van der Waals surface area (Å²) < 4.78 is 0. The molecule has 1 aliphatic heterocycles. The molecule has 3 unspecified atom stereocenters. The highest BCUT2D eigenvalue weighted by molar-refractivity contribution is 5.98. The molecule has 0 aromatic carbocycles. The van der Waals surface area contributed by atoms with E-state index in [4.69, 9.17) is 0 Å². The van der Waals surface area contributed by atoms with Crippen molar-refractivity contribution in [3.63, 3.8) is 0 Å². The summed E-state index contributed by atoms with van der Waals surface area (Å²) in [5.41, 5.74) is 0. The first-order valence-corrected chi connectivity index (χ1v) is 7.05. The van der Waals surface area contributed by atoms with E-state index >= 15 is 0 Å². The summed E-state index contributed by atoms with van der Waals surface area (Å²) in [6.45, 7) is 3.68. The number of hydrogen-bond acceptors (Lipinski definition) is 6. The lowest BCUT2D eigenvalue weighted by Gasteiger charge is -2.30. The van der Waals surface area contributed by atoms with Crippen LogP contribution >= 0.6 is 0 Å². The molecule has 0 aliphatic carbocycles. The molecule has 0 radical (unpaired) electrons. The van der Waals surface area contributed by atoms with E-state index in [0.29, 0.717) is 6.42 Å². The third-order valence-electron chi connectivity index (χ3n) is 3.77. The maximum absolute atomic E-state index is 11.8. The lowest BCUT2D eigenvalue weighted by Crippen LogP contribution is -2.47. The van der Waals surface area contributed by atoms with Crippen LogP contribution in [0, 0.1) is 27.9 Å². The third kappa shape index (κ3) is 5.05. The van der Waals surface area contributed by atoms with Crippen LogP contribution in [0.25, 0.3) is 0 Å². The highest BCUT2D eigenvalue weighted by Gasteiger charge is 2.40. The fraction of sp³-hybridized carbons (Fsp3) is 0.846. The second-order valence-corrected chi connectivity index (χ2v) is 5.94. The molecule has 0 aromatic heterocycles. The second-order valence-electron chi connectivity index (χ2n) is 5.94. The van der Waals surface area contributed by atoms with Gasteiger partial charge in [-0.15, -0.1) is 0 Å². The van der Waals surface area contributed by atoms with E-state index in [0.717, 1.165) is 0 Å². The summed E-state index contributed by atoms with van der Waals surface area (Å²) in [4.78, 5) is 33.6. The van der Waals surface area contributed by atoms with Gasteiger partial charge in [-0.1, -0.05) is 13.8 Å². The molecule has 0 aromatic rings. The van der Waals surface area contributed by atoms with Crippen LogP contribution in [0.1, 0.15) is 39.5 Å². The van der Waals surface area contributed by atoms with Gasteiger partial charge < -0.3 is 10.2 Å². The van der Waals surface area contributed by atoms with Crippen LogP contribution < -0.4 is 5.32 Å². The lowest BCUT2D eigenvalue weighted by molar-refractivity contribution is -0.528. The molecule has 2 amide bonds. The Labute approximate surface area is 122 Å². The lowest BCUT2D eigenvalue weighted by atomic mass is 9.80. The predicted octanol–water partition coefficient (Wildman–Crippen LogP) is 0.0476. The van der Waals surface area contributed by atoms with Crippen molar-refractivity contribution < 1.29 is 24.7 Å². The molecule has 0 bridgehead atoms. The van der Waals surface area contributed by atoms with Crippen LogP contribution in [0.2, 0.25) is 0 Å². The van der Waals surface area contributed by atoms with Gasteiger partial charge in [-0.25, -0.2) is 0 Å². The van der Waals surface area contributed by atoms with Gasteiger partial charge in [0.2, 0.25) is 17.9 Å². The van der Waals surface area contributed by atoms with Gasteiger partial charge in [-0.3, -0.25) is 25.0 Å². The quantitative estimate of drug-likeness (QED) is 0.264. The van der Waals surface area contributed by atoms with Crippen molar-refractivity contribution in [3.8, 4) is 0 Å². The standard InChI is InChI=1S/C13H22N2O6/c1-7(2)5-8(15(20)21)6-10(13(18)19)9-3-4-11(16)14-12(9)17/h7-10,13,18-19H,3-6H2,1-2H3,(H,14,16,17). The molecule has 1 fully saturated rings. The van der Waals surface area contributed by atoms with Gasteiger partial charge in [-0.2, -0.15) is 0 Å². The Hall–Kier alpha value is -1.54. The van der Waals surface area contributed by atoms with Crippen molar-refractivity contribution in [2.45, 2.75) is 51.9 Å². The number of amides is 2. The normalized spacial score (nSPS) is 22.3. The Morgan fingerprint density at radius 2 is 1.95 bits per heavy atom. The highest BCUT2D eigenvalue weighted by Crippen LogP contribution is 2.29. The van der Waals surface area contributed by atoms with Gasteiger partial charge in [0.25, 0.3) is 0 Å². The summed E-state index contributed by atoms with van der Waals surface area (Å²) >= 11 is 0. The summed E-state index contributed by atoms with van der Waals surface area (Å²) in [7, 11) is 0. The number of carbonyl (C=O) groups is 2. The average molecular weight is 302 g/mol. The number of nitrogens with zero attached hydrogens (tertiary/aromatic N) is 1. The number of piperidine rings is 1. The van der Waals surface area contributed by atoms with E-state index in [1.807, 2.05) is 13.8 Å². The van der Waals surface area contributed by atoms with Gasteiger partial charge >= 0.3 is 0 Å². The molecule has 0 saturated carbocycles. The molecule has 3 N–H and O–H groups in total. The van der Waals surface area contributed by atoms with Crippen LogP contribution in [0.3, 0.4) is 0 Å². The molecule has 8 nitrogen and oxygen atoms in total. The first-order valence-electron chi connectivity index (χ1n) is 7.05. The van der Waals surface area contributed by atoms with E-state index in [2.05, 4.69) is 5.32 Å². The van der Waals surface area contributed by atoms with Crippen molar-refractivity contribution in [1.29, 1.82) is 0 Å². The Kier molecular flexibility index (Phi) is 6.22. The summed E-state index contributed by atoms with van der Waals surface area (Å²) in [5.74, 6) is -2.66. The van der Waals surface area contributed by atoms with Crippen molar-refractivity contribution in [2.75, 3.05) is 0 Å². The fourth-order valence-electron chi connectivity index (χ4n) is 2.74. The number of carbonyl (C=O) groups excluding carboxylic acids is 2. The zero-order valence-electron chi connectivity index (χ0n) is 12.2. The number of nitrogens with one attached hydrogen (secondary N) is 1. The molecule has 1 aliphatic rings. The molecule has 3 atom stereocenters. The van der Waals surface area contributed by atoms with Crippen LogP contribution in [0.5, 0.6) is 0 Å². The fourth-order valence-corrected chi connectivity index (χ4v) is 2.74. The zero-order valence-corrected chi connectivity index (χ0v) is 12.2. The van der Waals surface area contributed by atoms with Gasteiger partial charge in [0.1, 0.15) is 0 Å². The Morgan fingerprint density at radius 3 is 2.38 bits per heavy atom. The van der Waals surface area contributed by atoms with Gasteiger partial charge in [0.15, 0.2) is 6.29 Å². The smallest absolute Gasteiger partial charge is 0.230 e. The maximum Gasteiger partial charge on any atom is 0.230 e. The van der Waals surface area contributed by atoms with E-state index in [9.17, 15) is 29.9 Å². The monoisotopic (exact) mass is 302 g/mol. The van der Waals surface area contributed by atoms with Gasteiger partial charge in [0.05, 0.1) is 0 Å². The van der Waals surface area contributed by atoms with Crippen molar-refractivity contribution in [2.24, 2.45) is 17.8 Å². The Bertz CT molecular complexity index is 409. The van der Waals surface area contributed by atoms with Gasteiger partial charge in [0, 0.05) is 36.0 Å². The molecule has 0 spiro atoms. The van der Waals surface area contributed by atoms with Crippen LogP contribution in [-0.4, -0.2) is 39.3 Å². The summed E-state index contributed by atoms with van der Waals surface area (Å²) in [6, 6.07) is -0.942. The topological polar surface area (TPSA) is 130 Å². The maximum atomic E-state index is 11.8. The van der Waals surface area contributed by atoms with E-state index in [1.54, 1.807) is 0 Å². The second kappa shape index (κ2) is 7.46. The van der Waals surface area contributed by atoms with Crippen LogP contribution in [0.15, 0.2) is 0 Å². The molecule has 1 saturated heterocycles. The number of nitro groups is 1. The highest BCUT2D eigenvalue weighted by atomic mass is 16.6. The van der Waals surface area contributed by atoms with Crippen molar-refractivity contribution in [3.05, 3.63) is 10.1 Å². The van der Waals surface area contributed by atoms with Crippen molar-refractivity contribution >= 4 is 11.8 Å². The first kappa shape index (κ1) is 17.5. The SMILES string of the molecule is CC(C)CC(CC(C(O)O)C1CCC(=O)NC1=O)[N+](=O)[O-]. The molecule has 1 rings (SSSR count). The Balaban J connectivity index is 2.83. The summed E-state index contributed by atoms with van der Waals surface area (Å²) in [5, 5.41) is 32.2. The molecule has 8 heteroatoms. The molecular weight excluding hydrogens is 280 g/mol. The minimum Gasteiger partial charge on any atom is -0.368 e. The Morgan fingerprint density at radius 1 is 1.33 bits per heavy atom. The minimum absolute atomic E-state index is 0.0821. The number of rotatable bonds is 7. The minimum atomic E-state index is -1.83. The molecule has 21 heavy (non-hydrogen) atoms. The number of aliphatic hydroxyl groups is 2. The van der Waals surface area contributed by atoms with Crippen LogP contribution in [-0.2, 0) is 9.59 Å². The summed E-state index contributed by atoms with van der Waals surface area (Å²) in [6.07, 6.45) is -1.35. The number of aliphatic hydroxyl groups excluding tert-OH is 1. The molecular formula is C13H22N2O6. The van der Waals surface area contributed by atoms with Gasteiger partial charge in [-0.05, 0) is 12.3 Å². The zero-order chi connectivity index (χ0) is 16.2. The predicted molar refractivity (Wildman–Crippen MR) is 72.4 cm³/mol. The number of imide groups is 1. The molecule has 120 valence electrons. The third-order valence-corrected chi connectivity index (χ3v) is 3.77. The first-order chi connectivity index (χ1) is 9.72. The molecule has 1 heterocycles. The average Bonchev–Trinajstić information content (AvgIpc) is 2.34. The number of hydrogen-bond donors (Lipinski definition) is 3. The van der Waals surface area contributed by atoms with E-state index in [-0.39, 0.29) is 25.2 Å². The van der Waals surface area contributed by atoms with Crippen molar-refractivity contribution in [1.82, 2.24) is 5.32 Å². The van der Waals surface area contributed by atoms with Crippen LogP contribution in [0.4, 0.5) is 0 Å². The van der Waals surface area contributed by atoms with E-state index in [1.165, 1.54) is 0 Å².